The average molecular weight is 542 g/mol. The minimum atomic E-state index is -2.23. The van der Waals surface area contributed by atoms with Gasteiger partial charge in [-0.2, -0.15) is 0 Å². The Balaban J connectivity index is 3.47. The maximum Gasteiger partial charge on any atom is 0.514 e. The number of benzene rings is 1. The van der Waals surface area contributed by atoms with E-state index in [4.69, 9.17) is 23.7 Å². The second-order valence-electron chi connectivity index (χ2n) is 10.1. The molecular formula is C26H39NO11. The molecular weight excluding hydrogens is 502 g/mol. The first-order valence-corrected chi connectivity index (χ1v) is 12.2. The summed E-state index contributed by atoms with van der Waals surface area (Å²) in [5.74, 6) is -1.91. The molecule has 0 spiro atoms. The van der Waals surface area contributed by atoms with Crippen molar-refractivity contribution in [2.75, 3.05) is 7.11 Å². The zero-order valence-corrected chi connectivity index (χ0v) is 23.5. The minimum Gasteiger partial charge on any atom is -0.477 e. The molecule has 0 aliphatic heterocycles. The number of hydrogen-bond acceptors (Lipinski definition) is 11. The highest BCUT2D eigenvalue weighted by Crippen LogP contribution is 2.32. The van der Waals surface area contributed by atoms with Crippen LogP contribution in [0.3, 0.4) is 0 Å². The highest BCUT2D eigenvalue weighted by molar-refractivity contribution is 5.80. The summed E-state index contributed by atoms with van der Waals surface area (Å²) < 4.78 is 30.9. The van der Waals surface area contributed by atoms with Crippen molar-refractivity contribution < 1.29 is 52.7 Å². The number of carbonyl (C=O) groups is 4. The van der Waals surface area contributed by atoms with Gasteiger partial charge in [-0.25, -0.2) is 19.2 Å². The lowest BCUT2D eigenvalue weighted by atomic mass is 10.0. The van der Waals surface area contributed by atoms with Gasteiger partial charge in [-0.1, -0.05) is 19.9 Å². The van der Waals surface area contributed by atoms with E-state index >= 15 is 0 Å². The number of aliphatic carboxylic acids is 1. The molecule has 38 heavy (non-hydrogen) atoms. The second kappa shape index (κ2) is 13.3. The summed E-state index contributed by atoms with van der Waals surface area (Å²) in [5.41, 5.74) is -3.63. The quantitative estimate of drug-likeness (QED) is 0.155. The fourth-order valence-electron chi connectivity index (χ4n) is 2.88. The molecule has 1 rings (SSSR count). The standard InChI is InChI=1S/C26H39NO11/c1-10-24(5,6)36-22(31)34-18-13-12-17(14-19(18)35-23(32)37-25(7,8)11-2)15-26(20(28)29,27-16(3)4)38-21(30)33-9/h12-14,16,27H,10-11,15H2,1-9H3,(H,28,29)/t26-/m0/s1. The van der Waals surface area contributed by atoms with E-state index in [0.717, 1.165) is 7.11 Å². The van der Waals surface area contributed by atoms with Crippen molar-refractivity contribution in [3.8, 4) is 11.5 Å². The maximum atomic E-state index is 12.5. The Morgan fingerprint density at radius 3 is 1.76 bits per heavy atom. The Morgan fingerprint density at radius 2 is 1.34 bits per heavy atom. The first kappa shape index (κ1) is 32.5. The molecule has 0 fully saturated rings. The molecule has 0 aliphatic carbocycles. The van der Waals surface area contributed by atoms with Crippen LogP contribution in [0.1, 0.15) is 73.8 Å². The lowest BCUT2D eigenvalue weighted by molar-refractivity contribution is -0.166. The predicted molar refractivity (Wildman–Crippen MR) is 135 cm³/mol. The molecule has 0 aliphatic rings. The molecule has 0 saturated carbocycles. The molecule has 1 aromatic carbocycles. The van der Waals surface area contributed by atoms with Gasteiger partial charge < -0.3 is 33.5 Å². The summed E-state index contributed by atoms with van der Waals surface area (Å²) in [6.45, 7) is 13.8. The Bertz CT molecular complexity index is 1000. The first-order valence-electron chi connectivity index (χ1n) is 12.2. The van der Waals surface area contributed by atoms with Gasteiger partial charge in [-0.3, -0.25) is 5.32 Å². The molecule has 2 N–H and O–H groups in total. The lowest BCUT2D eigenvalue weighted by Gasteiger charge is -2.31. The Kier molecular flexibility index (Phi) is 11.4. The number of rotatable bonds is 12. The molecule has 0 aromatic heterocycles. The molecule has 0 amide bonds. The van der Waals surface area contributed by atoms with Gasteiger partial charge in [0.05, 0.1) is 7.11 Å². The topological polar surface area (TPSA) is 156 Å². The lowest BCUT2D eigenvalue weighted by Crippen LogP contribution is -2.59. The van der Waals surface area contributed by atoms with Gasteiger partial charge in [0.15, 0.2) is 11.5 Å². The summed E-state index contributed by atoms with van der Waals surface area (Å²) in [4.78, 5) is 49.1. The van der Waals surface area contributed by atoms with Crippen LogP contribution >= 0.6 is 0 Å². The van der Waals surface area contributed by atoms with Crippen LogP contribution in [0.4, 0.5) is 14.4 Å². The molecule has 1 aromatic rings. The summed E-state index contributed by atoms with van der Waals surface area (Å²) in [6, 6.07) is 3.57. The van der Waals surface area contributed by atoms with Crippen LogP contribution in [-0.4, -0.2) is 59.6 Å². The molecule has 0 radical (unpaired) electrons. The van der Waals surface area contributed by atoms with Crippen molar-refractivity contribution in [2.24, 2.45) is 0 Å². The third-order valence-electron chi connectivity index (χ3n) is 5.56. The van der Waals surface area contributed by atoms with Gasteiger partial charge in [-0.15, -0.1) is 0 Å². The first-order chi connectivity index (χ1) is 17.5. The van der Waals surface area contributed by atoms with E-state index in [1.54, 1.807) is 41.5 Å². The molecule has 0 bridgehead atoms. The molecule has 12 nitrogen and oxygen atoms in total. The number of methoxy groups -OCH3 is 1. The normalized spacial score (nSPS) is 13.2. The molecule has 0 saturated heterocycles. The van der Waals surface area contributed by atoms with Crippen molar-refractivity contribution in [1.29, 1.82) is 0 Å². The third-order valence-corrected chi connectivity index (χ3v) is 5.56. The Labute approximate surface area is 222 Å². The minimum absolute atomic E-state index is 0.177. The molecule has 214 valence electrons. The van der Waals surface area contributed by atoms with E-state index in [2.05, 4.69) is 10.1 Å². The van der Waals surface area contributed by atoms with Crippen molar-refractivity contribution in [1.82, 2.24) is 5.32 Å². The fourth-order valence-corrected chi connectivity index (χ4v) is 2.88. The zero-order valence-electron chi connectivity index (χ0n) is 23.5. The summed E-state index contributed by atoms with van der Waals surface area (Å²) >= 11 is 0. The molecule has 0 unspecified atom stereocenters. The van der Waals surface area contributed by atoms with E-state index in [0.29, 0.717) is 12.8 Å². The number of carboxylic acid groups (broad SMARTS) is 1. The van der Waals surface area contributed by atoms with Crippen molar-refractivity contribution >= 4 is 24.4 Å². The Hall–Kier alpha value is -3.54. The van der Waals surface area contributed by atoms with Crippen molar-refractivity contribution in [2.45, 2.75) is 97.6 Å². The monoisotopic (exact) mass is 541 g/mol. The number of carbonyl (C=O) groups excluding carboxylic acids is 3. The summed E-state index contributed by atoms with van der Waals surface area (Å²) in [7, 11) is 1.05. The van der Waals surface area contributed by atoms with E-state index in [1.165, 1.54) is 18.2 Å². The van der Waals surface area contributed by atoms with Crippen LogP contribution in [0.25, 0.3) is 0 Å². The van der Waals surface area contributed by atoms with Crippen LogP contribution < -0.4 is 14.8 Å². The van der Waals surface area contributed by atoms with Crippen molar-refractivity contribution in [3.05, 3.63) is 23.8 Å². The number of carboxylic acids is 1. The number of nitrogens with one attached hydrogen (secondary N) is 1. The van der Waals surface area contributed by atoms with Crippen LogP contribution in [-0.2, 0) is 30.2 Å². The predicted octanol–water partition coefficient (Wildman–Crippen LogP) is 5.20. The largest absolute Gasteiger partial charge is 0.514 e. The van der Waals surface area contributed by atoms with Crippen molar-refractivity contribution in [3.63, 3.8) is 0 Å². The molecule has 12 heteroatoms. The van der Waals surface area contributed by atoms with Gasteiger partial charge in [-0.05, 0) is 72.1 Å². The summed E-state index contributed by atoms with van der Waals surface area (Å²) in [5, 5.41) is 12.7. The number of hydrogen-bond donors (Lipinski definition) is 2. The number of ether oxygens (including phenoxy) is 6. The van der Waals surface area contributed by atoms with E-state index < -0.39 is 53.8 Å². The van der Waals surface area contributed by atoms with E-state index in [9.17, 15) is 24.3 Å². The van der Waals surface area contributed by atoms with Gasteiger partial charge >= 0.3 is 24.4 Å². The fraction of sp³-hybridized carbons (Fsp3) is 0.615. The maximum absolute atomic E-state index is 12.5. The van der Waals surface area contributed by atoms with Gasteiger partial charge in [0.2, 0.25) is 0 Å². The molecule has 0 heterocycles. The van der Waals surface area contributed by atoms with Gasteiger partial charge in [0.25, 0.3) is 5.72 Å². The second-order valence-corrected chi connectivity index (χ2v) is 10.1. The van der Waals surface area contributed by atoms with Crippen LogP contribution in [0, 0.1) is 0 Å². The average Bonchev–Trinajstić information content (AvgIpc) is 2.79. The van der Waals surface area contributed by atoms with Crippen LogP contribution in [0.5, 0.6) is 11.5 Å². The third kappa shape index (κ3) is 10.1. The molecule has 1 atom stereocenters. The Morgan fingerprint density at radius 1 is 0.842 bits per heavy atom. The van der Waals surface area contributed by atoms with Gasteiger partial charge in [0.1, 0.15) is 11.2 Å². The SMILES string of the molecule is CCC(C)(C)OC(=O)Oc1ccc(C[C@](NC(C)C)(OC(=O)OC)C(=O)O)cc1OC(=O)OC(C)(C)CC. The van der Waals surface area contributed by atoms with E-state index in [-0.39, 0.29) is 17.1 Å². The van der Waals surface area contributed by atoms with E-state index in [1.807, 2.05) is 13.8 Å². The highest BCUT2D eigenvalue weighted by atomic mass is 16.8. The highest BCUT2D eigenvalue weighted by Gasteiger charge is 2.44. The smallest absolute Gasteiger partial charge is 0.477 e. The summed E-state index contributed by atoms with van der Waals surface area (Å²) in [6.07, 6.45) is -2.72. The van der Waals surface area contributed by atoms with Crippen LogP contribution in [0.15, 0.2) is 18.2 Å². The van der Waals surface area contributed by atoms with Crippen LogP contribution in [0.2, 0.25) is 0 Å². The van der Waals surface area contributed by atoms with Gasteiger partial charge in [0, 0.05) is 12.5 Å². The zero-order chi connectivity index (χ0) is 29.3.